The van der Waals surface area contributed by atoms with Gasteiger partial charge < -0.3 is 15.1 Å². The summed E-state index contributed by atoms with van der Waals surface area (Å²) in [5.74, 6) is 0.158. The molecule has 0 radical (unpaired) electrons. The van der Waals surface area contributed by atoms with Crippen LogP contribution in [0, 0.1) is 0 Å². The van der Waals surface area contributed by atoms with Gasteiger partial charge in [0.15, 0.2) is 6.54 Å². The molecule has 3 N–H and O–H groups in total. The third-order valence-electron chi connectivity index (χ3n) is 4.92. The lowest BCUT2D eigenvalue weighted by Gasteiger charge is -2.17. The molecule has 3 atom stereocenters. The minimum absolute atomic E-state index is 0.158. The van der Waals surface area contributed by atoms with Crippen LogP contribution < -0.4 is 15.1 Å². The Kier molecular flexibility index (Phi) is 6.83. The molecule has 0 saturated carbocycles. The van der Waals surface area contributed by atoms with Gasteiger partial charge in [-0.25, -0.2) is 0 Å². The molecule has 0 aliphatic carbocycles. The number of benzene rings is 2. The quantitative estimate of drug-likeness (QED) is 0.600. The Morgan fingerprint density at radius 1 is 1.15 bits per heavy atom. The zero-order chi connectivity index (χ0) is 18.4. The van der Waals surface area contributed by atoms with Crippen molar-refractivity contribution >= 4 is 21.8 Å². The van der Waals surface area contributed by atoms with Crippen LogP contribution in [0.3, 0.4) is 0 Å². The van der Waals surface area contributed by atoms with Crippen molar-refractivity contribution in [3.8, 4) is 0 Å². The van der Waals surface area contributed by atoms with Crippen LogP contribution in [0.5, 0.6) is 0 Å². The number of carbonyl (C=O) groups excluding carboxylic acids is 1. The van der Waals surface area contributed by atoms with Crippen LogP contribution in [0.2, 0.25) is 0 Å². The van der Waals surface area contributed by atoms with Gasteiger partial charge in [0.25, 0.3) is 5.91 Å². The largest absolute Gasteiger partial charge is 0.343 e. The van der Waals surface area contributed by atoms with Crippen LogP contribution in [0.25, 0.3) is 0 Å². The second-order valence-electron chi connectivity index (χ2n) is 7.36. The first kappa shape index (κ1) is 19.1. The summed E-state index contributed by atoms with van der Waals surface area (Å²) in [6.45, 7) is 4.56. The van der Waals surface area contributed by atoms with Crippen molar-refractivity contribution in [3.63, 3.8) is 0 Å². The van der Waals surface area contributed by atoms with Crippen molar-refractivity contribution in [2.45, 2.75) is 25.6 Å². The lowest BCUT2D eigenvalue weighted by atomic mass is 10.2. The van der Waals surface area contributed by atoms with Crippen LogP contribution in [-0.4, -0.2) is 38.6 Å². The van der Waals surface area contributed by atoms with Gasteiger partial charge >= 0.3 is 0 Å². The highest BCUT2D eigenvalue weighted by Crippen LogP contribution is 2.09. The van der Waals surface area contributed by atoms with E-state index in [4.69, 9.17) is 0 Å². The Labute approximate surface area is 164 Å². The number of halogens is 1. The van der Waals surface area contributed by atoms with E-state index >= 15 is 0 Å². The maximum absolute atomic E-state index is 12.4. The summed E-state index contributed by atoms with van der Waals surface area (Å²) in [5.41, 5.74) is 2.62. The molecule has 2 aromatic carbocycles. The number of likely N-dealkylation sites (N-methyl/N-ethyl adjacent to an activating group) is 1. The maximum atomic E-state index is 12.4. The Hall–Kier alpha value is -1.69. The maximum Gasteiger partial charge on any atom is 0.275 e. The number of rotatable bonds is 7. The molecule has 2 unspecified atom stereocenters. The van der Waals surface area contributed by atoms with Crippen LogP contribution in [0.1, 0.15) is 17.5 Å². The summed E-state index contributed by atoms with van der Waals surface area (Å²) < 4.78 is 1.08. The SMILES string of the molecule is C[NH+](CC(=O)N[C@@H]1CC[NH+](Cc2ccccc2)C1)Cc1ccc(Br)cc1. The number of quaternary nitrogens is 2. The first-order valence-corrected chi connectivity index (χ1v) is 10.1. The molecule has 0 bridgehead atoms. The van der Waals surface area contributed by atoms with Crippen LogP contribution in [0.4, 0.5) is 0 Å². The molecule has 1 aliphatic heterocycles. The lowest BCUT2D eigenvalue weighted by molar-refractivity contribution is -0.901. The molecule has 1 heterocycles. The molecule has 5 heteroatoms. The predicted molar refractivity (Wildman–Crippen MR) is 107 cm³/mol. The molecule has 3 rings (SSSR count). The third kappa shape index (κ3) is 5.94. The number of nitrogens with one attached hydrogen (secondary N) is 3. The van der Waals surface area contributed by atoms with Crippen molar-refractivity contribution in [2.75, 3.05) is 26.7 Å². The van der Waals surface area contributed by atoms with E-state index in [9.17, 15) is 4.79 Å². The van der Waals surface area contributed by atoms with Crippen LogP contribution in [-0.2, 0) is 17.9 Å². The number of likely N-dealkylation sites (tertiary alicyclic amines) is 1. The summed E-state index contributed by atoms with van der Waals surface area (Å²) in [4.78, 5) is 15.1. The van der Waals surface area contributed by atoms with Gasteiger partial charge in [0.2, 0.25) is 0 Å². The Balaban J connectivity index is 1.40. The van der Waals surface area contributed by atoms with Gasteiger partial charge in [-0.2, -0.15) is 0 Å². The molecule has 0 spiro atoms. The van der Waals surface area contributed by atoms with E-state index in [0.717, 1.165) is 37.1 Å². The van der Waals surface area contributed by atoms with E-state index in [1.165, 1.54) is 16.0 Å². The smallest absolute Gasteiger partial charge is 0.275 e. The second-order valence-corrected chi connectivity index (χ2v) is 8.27. The van der Waals surface area contributed by atoms with Gasteiger partial charge in [-0.15, -0.1) is 0 Å². The molecule has 1 saturated heterocycles. The van der Waals surface area contributed by atoms with E-state index in [2.05, 4.69) is 70.8 Å². The molecular weight excluding hydrogens is 390 g/mol. The molecule has 1 aliphatic rings. The number of carbonyl (C=O) groups is 1. The number of hydrogen-bond acceptors (Lipinski definition) is 1. The van der Waals surface area contributed by atoms with Crippen molar-refractivity contribution in [2.24, 2.45) is 0 Å². The fraction of sp³-hybridized carbons (Fsp3) is 0.381. The molecule has 4 nitrogen and oxygen atoms in total. The topological polar surface area (TPSA) is 38.0 Å². The minimum atomic E-state index is 0.158. The first-order valence-electron chi connectivity index (χ1n) is 9.31. The summed E-state index contributed by atoms with van der Waals surface area (Å²) >= 11 is 3.45. The number of amides is 1. The van der Waals surface area contributed by atoms with Crippen LogP contribution in [0.15, 0.2) is 59.1 Å². The van der Waals surface area contributed by atoms with Crippen LogP contribution >= 0.6 is 15.9 Å². The second kappa shape index (κ2) is 9.31. The van der Waals surface area contributed by atoms with E-state index < -0.39 is 0 Å². The molecule has 26 heavy (non-hydrogen) atoms. The standard InChI is InChI=1S/C21H26BrN3O/c1-24(13-18-7-9-19(22)10-8-18)16-21(26)23-20-11-12-25(15-20)14-17-5-3-2-4-6-17/h2-10,20H,11-16H2,1H3,(H,23,26)/p+2/t20-/m1/s1. The summed E-state index contributed by atoms with van der Waals surface area (Å²) in [6.07, 6.45) is 1.07. The van der Waals surface area contributed by atoms with Gasteiger partial charge in [-0.05, 0) is 12.1 Å². The molecule has 2 aromatic rings. The average molecular weight is 418 g/mol. The first-order chi connectivity index (χ1) is 12.6. The summed E-state index contributed by atoms with van der Waals surface area (Å²) in [5, 5.41) is 3.23. The van der Waals surface area contributed by atoms with E-state index in [1.807, 2.05) is 12.1 Å². The van der Waals surface area contributed by atoms with Gasteiger partial charge in [-0.1, -0.05) is 58.4 Å². The lowest BCUT2D eigenvalue weighted by Crippen LogP contribution is -3.09. The fourth-order valence-corrected chi connectivity index (χ4v) is 3.93. The van der Waals surface area contributed by atoms with Crippen molar-refractivity contribution in [3.05, 3.63) is 70.2 Å². The predicted octanol–water partition coefficient (Wildman–Crippen LogP) is 0.437. The Morgan fingerprint density at radius 3 is 2.62 bits per heavy atom. The average Bonchev–Trinajstić information content (AvgIpc) is 3.04. The zero-order valence-electron chi connectivity index (χ0n) is 15.3. The molecule has 1 amide bonds. The molecule has 0 aromatic heterocycles. The van der Waals surface area contributed by atoms with Gasteiger partial charge in [0, 0.05) is 22.0 Å². The molecular formula is C21H28BrN3O+2. The minimum Gasteiger partial charge on any atom is -0.343 e. The molecule has 1 fully saturated rings. The van der Waals surface area contributed by atoms with Crippen molar-refractivity contribution < 1.29 is 14.6 Å². The molecule has 138 valence electrons. The Bertz CT molecular complexity index is 705. The van der Waals surface area contributed by atoms with Crippen molar-refractivity contribution in [1.82, 2.24) is 5.32 Å². The summed E-state index contributed by atoms with van der Waals surface area (Å²) in [6, 6.07) is 19.2. The number of hydrogen-bond donors (Lipinski definition) is 3. The highest BCUT2D eigenvalue weighted by atomic mass is 79.9. The van der Waals surface area contributed by atoms with E-state index in [1.54, 1.807) is 4.90 Å². The van der Waals surface area contributed by atoms with Gasteiger partial charge in [0.05, 0.1) is 26.2 Å². The fourth-order valence-electron chi connectivity index (χ4n) is 3.67. The monoisotopic (exact) mass is 417 g/mol. The van der Waals surface area contributed by atoms with E-state index in [0.29, 0.717) is 12.6 Å². The highest BCUT2D eigenvalue weighted by Gasteiger charge is 2.28. The Morgan fingerprint density at radius 2 is 1.88 bits per heavy atom. The van der Waals surface area contributed by atoms with Crippen molar-refractivity contribution in [1.29, 1.82) is 0 Å². The highest BCUT2D eigenvalue weighted by molar-refractivity contribution is 9.10. The van der Waals surface area contributed by atoms with Gasteiger partial charge in [0.1, 0.15) is 13.1 Å². The van der Waals surface area contributed by atoms with E-state index in [-0.39, 0.29) is 5.91 Å². The van der Waals surface area contributed by atoms with Gasteiger partial charge in [-0.3, -0.25) is 4.79 Å². The third-order valence-corrected chi connectivity index (χ3v) is 5.45. The summed E-state index contributed by atoms with van der Waals surface area (Å²) in [7, 11) is 2.07. The normalized spacial score (nSPS) is 20.7. The zero-order valence-corrected chi connectivity index (χ0v) is 16.9.